The number of rotatable bonds is 10. The summed E-state index contributed by atoms with van der Waals surface area (Å²) >= 11 is 0. The number of hydrogen-bond donors (Lipinski definition) is 0. The van der Waals surface area contributed by atoms with E-state index in [1.165, 1.54) is 19.4 Å². The molecule has 0 aliphatic rings. The Balaban J connectivity index is 3.27. The van der Waals surface area contributed by atoms with Gasteiger partial charge in [0.2, 0.25) is 0 Å². The van der Waals surface area contributed by atoms with Crippen LogP contribution in [0.3, 0.4) is 0 Å². The predicted molar refractivity (Wildman–Crippen MR) is 66.2 cm³/mol. The molecule has 0 amide bonds. The van der Waals surface area contributed by atoms with Gasteiger partial charge in [-0.1, -0.05) is 27.2 Å². The molecule has 0 spiro atoms. The summed E-state index contributed by atoms with van der Waals surface area (Å²) in [5, 5.41) is 0. The lowest BCUT2D eigenvalue weighted by Crippen LogP contribution is -2.23. The van der Waals surface area contributed by atoms with Crippen molar-refractivity contribution < 1.29 is 4.79 Å². The molecular weight excluding hydrogens is 186 g/mol. The normalized spacial score (nSPS) is 10.9. The van der Waals surface area contributed by atoms with Crippen molar-refractivity contribution in [2.75, 3.05) is 19.6 Å². The van der Waals surface area contributed by atoms with Gasteiger partial charge >= 0.3 is 0 Å². The van der Waals surface area contributed by atoms with Gasteiger partial charge in [0, 0.05) is 12.8 Å². The summed E-state index contributed by atoms with van der Waals surface area (Å²) in [4.78, 5) is 13.7. The van der Waals surface area contributed by atoms with Crippen LogP contribution in [-0.4, -0.2) is 30.3 Å². The maximum absolute atomic E-state index is 11.2. The second-order valence-corrected chi connectivity index (χ2v) is 4.13. The Hall–Kier alpha value is -0.370. The molecule has 2 nitrogen and oxygen atoms in total. The van der Waals surface area contributed by atoms with Gasteiger partial charge in [0.05, 0.1) is 0 Å². The Bertz CT molecular complexity index is 153. The van der Waals surface area contributed by atoms with E-state index in [1.807, 2.05) is 0 Å². The summed E-state index contributed by atoms with van der Waals surface area (Å²) < 4.78 is 0. The van der Waals surface area contributed by atoms with Crippen LogP contribution in [0, 0.1) is 0 Å². The van der Waals surface area contributed by atoms with Gasteiger partial charge in [-0.2, -0.15) is 0 Å². The summed E-state index contributed by atoms with van der Waals surface area (Å²) in [6.45, 7) is 9.95. The lowest BCUT2D eigenvalue weighted by atomic mass is 10.1. The zero-order valence-corrected chi connectivity index (χ0v) is 10.7. The first-order chi connectivity index (χ1) is 7.24. The molecule has 0 heterocycles. The highest BCUT2D eigenvalue weighted by Gasteiger charge is 2.01. The standard InChI is InChI=1S/C13H27NO/c1-4-10-13(15)11-8-7-9-12-14(5-2)6-3/h4-12H2,1-3H3. The molecule has 0 N–H and O–H groups in total. The van der Waals surface area contributed by atoms with E-state index in [0.29, 0.717) is 5.78 Å². The number of Topliss-reactive ketones (excluding diaryl/α,β-unsaturated/α-hetero) is 1. The van der Waals surface area contributed by atoms with Crippen LogP contribution in [0.4, 0.5) is 0 Å². The van der Waals surface area contributed by atoms with Crippen LogP contribution >= 0.6 is 0 Å². The molecular formula is C13H27NO. The van der Waals surface area contributed by atoms with Gasteiger partial charge in [0.15, 0.2) is 0 Å². The van der Waals surface area contributed by atoms with E-state index in [-0.39, 0.29) is 0 Å². The van der Waals surface area contributed by atoms with Gasteiger partial charge in [-0.15, -0.1) is 0 Å². The Morgan fingerprint density at radius 1 is 0.933 bits per heavy atom. The topological polar surface area (TPSA) is 20.3 Å². The Kier molecular flexibility index (Phi) is 9.91. The van der Waals surface area contributed by atoms with Crippen LogP contribution in [-0.2, 0) is 4.79 Å². The van der Waals surface area contributed by atoms with Gasteiger partial charge in [-0.25, -0.2) is 0 Å². The van der Waals surface area contributed by atoms with Crippen LogP contribution < -0.4 is 0 Å². The third-order valence-corrected chi connectivity index (χ3v) is 2.85. The van der Waals surface area contributed by atoms with Crippen molar-refractivity contribution in [2.24, 2.45) is 0 Å². The minimum Gasteiger partial charge on any atom is -0.304 e. The van der Waals surface area contributed by atoms with Crippen molar-refractivity contribution >= 4 is 5.78 Å². The molecule has 90 valence electrons. The average Bonchev–Trinajstić information content (AvgIpc) is 2.24. The number of carbonyl (C=O) groups excluding carboxylic acids is 1. The van der Waals surface area contributed by atoms with Crippen molar-refractivity contribution in [1.82, 2.24) is 4.90 Å². The fourth-order valence-electron chi connectivity index (χ4n) is 1.78. The van der Waals surface area contributed by atoms with Gasteiger partial charge in [-0.05, 0) is 38.9 Å². The van der Waals surface area contributed by atoms with E-state index < -0.39 is 0 Å². The van der Waals surface area contributed by atoms with Crippen LogP contribution in [0.1, 0.15) is 59.3 Å². The minimum atomic E-state index is 0.445. The molecule has 0 aromatic heterocycles. The molecule has 0 fully saturated rings. The molecule has 0 bridgehead atoms. The molecule has 0 unspecified atom stereocenters. The first-order valence-electron chi connectivity index (χ1n) is 6.48. The summed E-state index contributed by atoms with van der Waals surface area (Å²) in [5.74, 6) is 0.445. The number of unbranched alkanes of at least 4 members (excludes halogenated alkanes) is 2. The summed E-state index contributed by atoms with van der Waals surface area (Å²) in [7, 11) is 0. The Morgan fingerprint density at radius 3 is 2.13 bits per heavy atom. The zero-order chi connectivity index (χ0) is 11.5. The third-order valence-electron chi connectivity index (χ3n) is 2.85. The van der Waals surface area contributed by atoms with Crippen LogP contribution in [0.2, 0.25) is 0 Å². The highest BCUT2D eigenvalue weighted by atomic mass is 16.1. The van der Waals surface area contributed by atoms with Crippen LogP contribution in [0.25, 0.3) is 0 Å². The van der Waals surface area contributed by atoms with E-state index in [2.05, 4.69) is 25.7 Å². The molecule has 0 aliphatic heterocycles. The van der Waals surface area contributed by atoms with Crippen molar-refractivity contribution in [3.05, 3.63) is 0 Å². The number of hydrogen-bond acceptors (Lipinski definition) is 2. The van der Waals surface area contributed by atoms with Crippen molar-refractivity contribution in [1.29, 1.82) is 0 Å². The quantitative estimate of drug-likeness (QED) is 0.519. The molecule has 0 radical (unpaired) electrons. The largest absolute Gasteiger partial charge is 0.304 e. The van der Waals surface area contributed by atoms with Crippen molar-refractivity contribution in [3.63, 3.8) is 0 Å². The van der Waals surface area contributed by atoms with Crippen molar-refractivity contribution in [3.8, 4) is 0 Å². The van der Waals surface area contributed by atoms with E-state index in [4.69, 9.17) is 0 Å². The molecule has 0 atom stereocenters. The highest BCUT2D eigenvalue weighted by molar-refractivity contribution is 5.78. The molecule has 0 rings (SSSR count). The van der Waals surface area contributed by atoms with Gasteiger partial charge < -0.3 is 4.90 Å². The Labute approximate surface area is 95.0 Å². The first kappa shape index (κ1) is 14.6. The SMILES string of the molecule is CCCC(=O)CCCCCN(CC)CC. The fraction of sp³-hybridized carbons (Fsp3) is 0.923. The fourth-order valence-corrected chi connectivity index (χ4v) is 1.78. The maximum atomic E-state index is 11.2. The minimum absolute atomic E-state index is 0.445. The molecule has 15 heavy (non-hydrogen) atoms. The smallest absolute Gasteiger partial charge is 0.132 e. The van der Waals surface area contributed by atoms with E-state index in [9.17, 15) is 4.79 Å². The van der Waals surface area contributed by atoms with Crippen LogP contribution in [0.15, 0.2) is 0 Å². The number of carbonyl (C=O) groups is 1. The van der Waals surface area contributed by atoms with E-state index in [0.717, 1.165) is 38.8 Å². The number of nitrogens with zero attached hydrogens (tertiary/aromatic N) is 1. The molecule has 0 aromatic rings. The summed E-state index contributed by atoms with van der Waals surface area (Å²) in [5.41, 5.74) is 0. The van der Waals surface area contributed by atoms with Gasteiger partial charge in [0.25, 0.3) is 0 Å². The second kappa shape index (κ2) is 10.2. The molecule has 0 saturated carbocycles. The molecule has 0 aliphatic carbocycles. The zero-order valence-electron chi connectivity index (χ0n) is 10.7. The molecule has 0 saturated heterocycles. The summed E-state index contributed by atoms with van der Waals surface area (Å²) in [6, 6.07) is 0. The highest BCUT2D eigenvalue weighted by Crippen LogP contribution is 2.04. The lowest BCUT2D eigenvalue weighted by Gasteiger charge is -2.17. The first-order valence-corrected chi connectivity index (χ1v) is 6.48. The monoisotopic (exact) mass is 213 g/mol. The number of ketones is 1. The van der Waals surface area contributed by atoms with Crippen molar-refractivity contribution in [2.45, 2.75) is 59.3 Å². The van der Waals surface area contributed by atoms with Gasteiger partial charge in [0.1, 0.15) is 5.78 Å². The van der Waals surface area contributed by atoms with Crippen LogP contribution in [0.5, 0.6) is 0 Å². The Morgan fingerprint density at radius 2 is 1.60 bits per heavy atom. The maximum Gasteiger partial charge on any atom is 0.132 e. The average molecular weight is 213 g/mol. The van der Waals surface area contributed by atoms with Gasteiger partial charge in [-0.3, -0.25) is 4.79 Å². The predicted octanol–water partition coefficient (Wildman–Crippen LogP) is 3.26. The summed E-state index contributed by atoms with van der Waals surface area (Å²) in [6.07, 6.45) is 6.09. The van der Waals surface area contributed by atoms with E-state index >= 15 is 0 Å². The van der Waals surface area contributed by atoms with E-state index in [1.54, 1.807) is 0 Å². The molecule has 2 heteroatoms. The second-order valence-electron chi connectivity index (χ2n) is 4.13. The lowest BCUT2D eigenvalue weighted by molar-refractivity contribution is -0.119. The molecule has 0 aromatic carbocycles. The third kappa shape index (κ3) is 8.61.